The van der Waals surface area contributed by atoms with E-state index in [4.69, 9.17) is 4.74 Å². The average Bonchev–Trinajstić information content (AvgIpc) is 2.25. The van der Waals surface area contributed by atoms with Crippen LogP contribution in [0.25, 0.3) is 0 Å². The molecule has 0 radical (unpaired) electrons. The minimum absolute atomic E-state index is 0.128. The zero-order valence-corrected chi connectivity index (χ0v) is 10.1. The fourth-order valence-corrected chi connectivity index (χ4v) is 1.75. The molecule has 16 heavy (non-hydrogen) atoms. The number of aliphatic hydroxyl groups is 1. The lowest BCUT2D eigenvalue weighted by atomic mass is 10.2. The summed E-state index contributed by atoms with van der Waals surface area (Å²) in [6, 6.07) is 0. The first kappa shape index (κ1) is 12.9. The zero-order chi connectivity index (χ0) is 12.3. The maximum atomic E-state index is 11.3. The summed E-state index contributed by atoms with van der Waals surface area (Å²) in [5, 5.41) is 8.91. The molecule has 1 aromatic heterocycles. The summed E-state index contributed by atoms with van der Waals surface area (Å²) in [5.41, 5.74) is 0.128. The van der Waals surface area contributed by atoms with Crippen LogP contribution in [0.3, 0.4) is 0 Å². The van der Waals surface area contributed by atoms with Crippen molar-refractivity contribution in [2.45, 2.75) is 18.3 Å². The molecule has 0 aliphatic heterocycles. The smallest absolute Gasteiger partial charge is 0.238 e. The molecule has 7 heteroatoms. The second-order valence-electron chi connectivity index (χ2n) is 3.43. The van der Waals surface area contributed by atoms with Gasteiger partial charge in [0.05, 0.1) is 12.4 Å². The summed E-state index contributed by atoms with van der Waals surface area (Å²) in [6.45, 7) is 1.41. The van der Waals surface area contributed by atoms with Crippen LogP contribution in [0.15, 0.2) is 12.4 Å². The zero-order valence-electron chi connectivity index (χ0n) is 9.28. The SMILES string of the molecule is COc1nccnc1C(O)C(C)S(C)(=O)=O. The summed E-state index contributed by atoms with van der Waals surface area (Å²) >= 11 is 0. The van der Waals surface area contributed by atoms with Crippen molar-refractivity contribution in [3.63, 3.8) is 0 Å². The number of hydrogen-bond acceptors (Lipinski definition) is 6. The summed E-state index contributed by atoms with van der Waals surface area (Å²) in [6.07, 6.45) is 2.58. The molecule has 0 aliphatic carbocycles. The van der Waals surface area contributed by atoms with Crippen molar-refractivity contribution in [1.82, 2.24) is 9.97 Å². The Bertz CT molecular complexity index is 460. The highest BCUT2D eigenvalue weighted by Crippen LogP contribution is 2.25. The molecule has 1 heterocycles. The maximum absolute atomic E-state index is 11.3. The van der Waals surface area contributed by atoms with Crippen LogP contribution in [0.5, 0.6) is 5.88 Å². The monoisotopic (exact) mass is 246 g/mol. The molecule has 0 saturated carbocycles. The molecule has 90 valence electrons. The van der Waals surface area contributed by atoms with Gasteiger partial charge in [-0.2, -0.15) is 0 Å². The first-order chi connectivity index (χ1) is 7.38. The molecule has 1 rings (SSSR count). The number of methoxy groups -OCH3 is 1. The van der Waals surface area contributed by atoms with Crippen LogP contribution in [0, 0.1) is 0 Å². The molecule has 0 aromatic carbocycles. The highest BCUT2D eigenvalue weighted by atomic mass is 32.2. The quantitative estimate of drug-likeness (QED) is 0.801. The Hall–Kier alpha value is -1.21. The Morgan fingerprint density at radius 2 is 1.94 bits per heavy atom. The number of nitrogens with zero attached hydrogens (tertiary/aromatic N) is 2. The lowest BCUT2D eigenvalue weighted by Gasteiger charge is -2.17. The minimum atomic E-state index is -3.35. The molecule has 0 spiro atoms. The van der Waals surface area contributed by atoms with E-state index in [1.54, 1.807) is 0 Å². The van der Waals surface area contributed by atoms with Crippen molar-refractivity contribution in [2.75, 3.05) is 13.4 Å². The van der Waals surface area contributed by atoms with Crippen LogP contribution in [0.4, 0.5) is 0 Å². The van der Waals surface area contributed by atoms with Crippen LogP contribution in [-0.4, -0.2) is 42.1 Å². The highest BCUT2D eigenvalue weighted by Gasteiger charge is 2.29. The number of ether oxygens (including phenoxy) is 1. The third-order valence-electron chi connectivity index (χ3n) is 2.28. The van der Waals surface area contributed by atoms with E-state index in [1.165, 1.54) is 26.4 Å². The highest BCUT2D eigenvalue weighted by molar-refractivity contribution is 7.91. The van der Waals surface area contributed by atoms with Crippen molar-refractivity contribution >= 4 is 9.84 Å². The largest absolute Gasteiger partial charge is 0.480 e. The van der Waals surface area contributed by atoms with E-state index in [0.29, 0.717) is 0 Å². The van der Waals surface area contributed by atoms with Gasteiger partial charge in [0, 0.05) is 18.6 Å². The van der Waals surface area contributed by atoms with E-state index in [-0.39, 0.29) is 11.6 Å². The average molecular weight is 246 g/mol. The first-order valence-corrected chi connectivity index (χ1v) is 6.55. The van der Waals surface area contributed by atoms with Gasteiger partial charge in [0.15, 0.2) is 9.84 Å². The fraction of sp³-hybridized carbons (Fsp3) is 0.556. The Morgan fingerprint density at radius 3 is 2.44 bits per heavy atom. The molecular formula is C9H14N2O4S. The Balaban J connectivity index is 3.10. The van der Waals surface area contributed by atoms with Gasteiger partial charge in [-0.15, -0.1) is 0 Å². The summed E-state index contributed by atoms with van der Waals surface area (Å²) in [7, 11) is -1.97. The van der Waals surface area contributed by atoms with Crippen molar-refractivity contribution in [2.24, 2.45) is 0 Å². The van der Waals surface area contributed by atoms with Gasteiger partial charge < -0.3 is 9.84 Å². The fourth-order valence-electron chi connectivity index (χ4n) is 1.15. The van der Waals surface area contributed by atoms with Crippen LogP contribution < -0.4 is 4.74 Å². The van der Waals surface area contributed by atoms with Crippen LogP contribution in [-0.2, 0) is 9.84 Å². The Kier molecular flexibility index (Phi) is 3.82. The van der Waals surface area contributed by atoms with E-state index < -0.39 is 21.2 Å². The van der Waals surface area contributed by atoms with Crippen molar-refractivity contribution in [3.8, 4) is 5.88 Å². The predicted octanol–water partition coefficient (Wildman–Crippen LogP) is -0.0483. The van der Waals surface area contributed by atoms with E-state index in [1.807, 2.05) is 0 Å². The normalized spacial score (nSPS) is 15.5. The Labute approximate surface area is 94.2 Å². The molecule has 2 unspecified atom stereocenters. The molecule has 0 amide bonds. The maximum Gasteiger partial charge on any atom is 0.238 e. The molecule has 1 aromatic rings. The predicted molar refractivity (Wildman–Crippen MR) is 57.8 cm³/mol. The van der Waals surface area contributed by atoms with E-state index in [0.717, 1.165) is 6.26 Å². The molecule has 2 atom stereocenters. The van der Waals surface area contributed by atoms with Crippen molar-refractivity contribution < 1.29 is 18.3 Å². The van der Waals surface area contributed by atoms with Crippen molar-refractivity contribution in [3.05, 3.63) is 18.1 Å². The Morgan fingerprint density at radius 1 is 1.38 bits per heavy atom. The second-order valence-corrected chi connectivity index (χ2v) is 5.83. The standard InChI is InChI=1S/C9H14N2O4S/c1-6(16(3,13)14)8(12)7-9(15-2)11-5-4-10-7/h4-6,8,12H,1-3H3. The van der Waals surface area contributed by atoms with Gasteiger partial charge in [0.1, 0.15) is 11.8 Å². The third-order valence-corrected chi connectivity index (χ3v) is 3.89. The lowest BCUT2D eigenvalue weighted by molar-refractivity contribution is 0.165. The number of sulfone groups is 1. The minimum Gasteiger partial charge on any atom is -0.480 e. The van der Waals surface area contributed by atoms with E-state index >= 15 is 0 Å². The summed E-state index contributed by atoms with van der Waals surface area (Å²) < 4.78 is 27.5. The van der Waals surface area contributed by atoms with Crippen LogP contribution >= 0.6 is 0 Å². The van der Waals surface area contributed by atoms with Crippen LogP contribution in [0.1, 0.15) is 18.7 Å². The van der Waals surface area contributed by atoms with Gasteiger partial charge in [-0.05, 0) is 6.92 Å². The molecular weight excluding hydrogens is 232 g/mol. The molecule has 1 N–H and O–H groups in total. The molecule has 6 nitrogen and oxygen atoms in total. The molecule has 0 fully saturated rings. The van der Waals surface area contributed by atoms with Gasteiger partial charge in [-0.25, -0.2) is 13.4 Å². The molecule has 0 aliphatic rings. The van der Waals surface area contributed by atoms with Crippen LogP contribution in [0.2, 0.25) is 0 Å². The third kappa shape index (κ3) is 2.67. The van der Waals surface area contributed by atoms with Gasteiger partial charge in [0.2, 0.25) is 5.88 Å². The van der Waals surface area contributed by atoms with Gasteiger partial charge in [0.25, 0.3) is 0 Å². The first-order valence-electron chi connectivity index (χ1n) is 4.59. The number of aliphatic hydroxyl groups excluding tert-OH is 1. The summed E-state index contributed by atoms with van der Waals surface area (Å²) in [5.74, 6) is 0.130. The van der Waals surface area contributed by atoms with E-state index in [9.17, 15) is 13.5 Å². The number of hydrogen-bond donors (Lipinski definition) is 1. The second kappa shape index (κ2) is 4.75. The van der Waals surface area contributed by atoms with Gasteiger partial charge >= 0.3 is 0 Å². The van der Waals surface area contributed by atoms with Gasteiger partial charge in [-0.1, -0.05) is 0 Å². The lowest BCUT2D eigenvalue weighted by Crippen LogP contribution is -2.25. The van der Waals surface area contributed by atoms with Gasteiger partial charge in [-0.3, -0.25) is 4.98 Å². The topological polar surface area (TPSA) is 89.4 Å². The molecule has 0 saturated heterocycles. The number of rotatable bonds is 4. The summed E-state index contributed by atoms with van der Waals surface area (Å²) in [4.78, 5) is 7.73. The van der Waals surface area contributed by atoms with Crippen molar-refractivity contribution in [1.29, 1.82) is 0 Å². The molecule has 0 bridgehead atoms. The number of aromatic nitrogens is 2. The van der Waals surface area contributed by atoms with E-state index in [2.05, 4.69) is 9.97 Å².